The molecule has 0 spiro atoms. The van der Waals surface area contributed by atoms with Crippen LogP contribution >= 0.6 is 0 Å². The molecule has 1 amide bonds. The SMILES string of the molecule is CC(CC(=O)Nc1ccc2c(c1F)CCNC2)C(C)(C)C. The zero-order chi connectivity index (χ0) is 15.6. The molecular weight excluding hydrogens is 267 g/mol. The fourth-order valence-corrected chi connectivity index (χ4v) is 2.42. The van der Waals surface area contributed by atoms with Gasteiger partial charge in [0.1, 0.15) is 5.82 Å². The fraction of sp³-hybridized carbons (Fsp3) is 0.588. The molecule has 0 aliphatic carbocycles. The number of halogens is 1. The highest BCUT2D eigenvalue weighted by molar-refractivity contribution is 5.91. The van der Waals surface area contributed by atoms with Crippen molar-refractivity contribution in [2.75, 3.05) is 11.9 Å². The van der Waals surface area contributed by atoms with E-state index in [0.717, 1.165) is 17.7 Å². The highest BCUT2D eigenvalue weighted by atomic mass is 19.1. The Morgan fingerprint density at radius 3 is 2.81 bits per heavy atom. The third-order valence-electron chi connectivity index (χ3n) is 4.45. The molecule has 21 heavy (non-hydrogen) atoms. The molecule has 1 unspecified atom stereocenters. The molecule has 1 heterocycles. The molecule has 3 nitrogen and oxygen atoms in total. The molecule has 2 rings (SSSR count). The monoisotopic (exact) mass is 292 g/mol. The minimum absolute atomic E-state index is 0.0669. The quantitative estimate of drug-likeness (QED) is 0.895. The first-order valence-corrected chi connectivity index (χ1v) is 7.60. The van der Waals surface area contributed by atoms with Crippen LogP contribution in [0.25, 0.3) is 0 Å². The molecule has 4 heteroatoms. The standard InChI is InChI=1S/C17H25FN2O/c1-11(17(2,3)4)9-15(21)20-14-6-5-12-10-19-8-7-13(12)16(14)18/h5-6,11,19H,7-10H2,1-4H3,(H,20,21). The average Bonchev–Trinajstić information content (AvgIpc) is 2.41. The van der Waals surface area contributed by atoms with Crippen LogP contribution in [0, 0.1) is 17.2 Å². The summed E-state index contributed by atoms with van der Waals surface area (Å²) in [5.41, 5.74) is 2.09. The Bertz CT molecular complexity index is 534. The summed E-state index contributed by atoms with van der Waals surface area (Å²) in [7, 11) is 0. The lowest BCUT2D eigenvalue weighted by Crippen LogP contribution is -2.26. The number of anilines is 1. The Labute approximate surface area is 126 Å². The van der Waals surface area contributed by atoms with Gasteiger partial charge in [-0.05, 0) is 41.5 Å². The summed E-state index contributed by atoms with van der Waals surface area (Å²) < 4.78 is 14.4. The number of benzene rings is 1. The Morgan fingerprint density at radius 1 is 1.43 bits per heavy atom. The van der Waals surface area contributed by atoms with E-state index in [1.165, 1.54) is 0 Å². The molecule has 0 fully saturated rings. The Hall–Kier alpha value is -1.42. The van der Waals surface area contributed by atoms with Gasteiger partial charge in [0.2, 0.25) is 5.91 Å². The Kier molecular flexibility index (Phi) is 4.67. The summed E-state index contributed by atoms with van der Waals surface area (Å²) in [6.45, 7) is 9.85. The normalized spacial score (nSPS) is 16.2. The largest absolute Gasteiger partial charge is 0.324 e. The average molecular weight is 292 g/mol. The van der Waals surface area contributed by atoms with E-state index in [0.29, 0.717) is 25.1 Å². The lowest BCUT2D eigenvalue weighted by Gasteiger charge is -2.26. The van der Waals surface area contributed by atoms with Crippen molar-refractivity contribution in [3.8, 4) is 0 Å². The molecule has 0 radical (unpaired) electrons. The first kappa shape index (κ1) is 16.0. The first-order valence-electron chi connectivity index (χ1n) is 7.60. The van der Waals surface area contributed by atoms with Gasteiger partial charge in [-0.1, -0.05) is 33.8 Å². The smallest absolute Gasteiger partial charge is 0.224 e. The number of carbonyl (C=O) groups excluding carboxylic acids is 1. The van der Waals surface area contributed by atoms with Gasteiger partial charge in [-0.3, -0.25) is 4.79 Å². The predicted octanol–water partition coefficient (Wildman–Crippen LogP) is 3.48. The Morgan fingerprint density at radius 2 is 2.14 bits per heavy atom. The molecular formula is C17H25FN2O. The second-order valence-corrected chi connectivity index (χ2v) is 7.01. The molecule has 0 saturated heterocycles. The molecule has 0 saturated carbocycles. The lowest BCUT2D eigenvalue weighted by molar-refractivity contribution is -0.117. The minimum atomic E-state index is -0.272. The van der Waals surface area contributed by atoms with Crippen LogP contribution in [0.1, 0.15) is 45.2 Å². The van der Waals surface area contributed by atoms with Gasteiger partial charge in [-0.15, -0.1) is 0 Å². The lowest BCUT2D eigenvalue weighted by atomic mass is 9.80. The van der Waals surface area contributed by atoms with E-state index < -0.39 is 0 Å². The topological polar surface area (TPSA) is 41.1 Å². The van der Waals surface area contributed by atoms with Crippen molar-refractivity contribution >= 4 is 11.6 Å². The zero-order valence-corrected chi connectivity index (χ0v) is 13.3. The van der Waals surface area contributed by atoms with Gasteiger partial charge in [-0.25, -0.2) is 4.39 Å². The van der Waals surface area contributed by atoms with Crippen LogP contribution in [0.15, 0.2) is 12.1 Å². The van der Waals surface area contributed by atoms with E-state index in [9.17, 15) is 9.18 Å². The van der Waals surface area contributed by atoms with Gasteiger partial charge in [0, 0.05) is 13.0 Å². The second kappa shape index (κ2) is 6.14. The molecule has 1 aliphatic heterocycles. The van der Waals surface area contributed by atoms with Crippen LogP contribution in [0.4, 0.5) is 10.1 Å². The summed E-state index contributed by atoms with van der Waals surface area (Å²) in [4.78, 5) is 12.1. The van der Waals surface area contributed by atoms with Gasteiger partial charge in [-0.2, -0.15) is 0 Å². The van der Waals surface area contributed by atoms with Gasteiger partial charge in [0.05, 0.1) is 5.69 Å². The van der Waals surface area contributed by atoms with Crippen molar-refractivity contribution in [2.24, 2.45) is 11.3 Å². The fourth-order valence-electron chi connectivity index (χ4n) is 2.42. The highest BCUT2D eigenvalue weighted by Gasteiger charge is 2.23. The summed E-state index contributed by atoms with van der Waals surface area (Å²) >= 11 is 0. The Balaban J connectivity index is 2.08. The van der Waals surface area contributed by atoms with Gasteiger partial charge in [0.15, 0.2) is 0 Å². The number of fused-ring (bicyclic) bond motifs is 1. The third-order valence-corrected chi connectivity index (χ3v) is 4.45. The number of amides is 1. The molecule has 1 aliphatic rings. The maximum atomic E-state index is 14.4. The summed E-state index contributed by atoms with van der Waals surface area (Å²) in [6.07, 6.45) is 1.07. The number of nitrogens with one attached hydrogen (secondary N) is 2. The number of rotatable bonds is 3. The number of carbonyl (C=O) groups is 1. The van der Waals surface area contributed by atoms with Crippen LogP contribution in [0.5, 0.6) is 0 Å². The van der Waals surface area contributed by atoms with Crippen LogP contribution in [0.2, 0.25) is 0 Å². The molecule has 1 atom stereocenters. The summed E-state index contributed by atoms with van der Waals surface area (Å²) in [5.74, 6) is -0.154. The van der Waals surface area contributed by atoms with Crippen molar-refractivity contribution in [3.05, 3.63) is 29.1 Å². The van der Waals surface area contributed by atoms with Crippen LogP contribution in [0.3, 0.4) is 0 Å². The molecule has 1 aromatic rings. The summed E-state index contributed by atoms with van der Waals surface area (Å²) in [5, 5.41) is 5.95. The zero-order valence-electron chi connectivity index (χ0n) is 13.3. The van der Waals surface area contributed by atoms with E-state index in [-0.39, 0.29) is 23.1 Å². The predicted molar refractivity (Wildman–Crippen MR) is 83.7 cm³/mol. The van der Waals surface area contributed by atoms with Gasteiger partial charge in [0.25, 0.3) is 0 Å². The molecule has 0 bridgehead atoms. The third kappa shape index (κ3) is 3.82. The molecule has 0 aromatic heterocycles. The molecule has 1 aromatic carbocycles. The first-order chi connectivity index (χ1) is 9.79. The van der Waals surface area contributed by atoms with Gasteiger partial charge < -0.3 is 10.6 Å². The van der Waals surface area contributed by atoms with Crippen LogP contribution in [-0.2, 0) is 17.8 Å². The van der Waals surface area contributed by atoms with Crippen LogP contribution < -0.4 is 10.6 Å². The van der Waals surface area contributed by atoms with Crippen molar-refractivity contribution in [1.82, 2.24) is 5.32 Å². The molecule has 116 valence electrons. The highest BCUT2D eigenvalue weighted by Crippen LogP contribution is 2.29. The van der Waals surface area contributed by atoms with E-state index >= 15 is 0 Å². The van der Waals surface area contributed by atoms with E-state index in [4.69, 9.17) is 0 Å². The van der Waals surface area contributed by atoms with E-state index in [2.05, 4.69) is 38.3 Å². The number of hydrogen-bond acceptors (Lipinski definition) is 2. The minimum Gasteiger partial charge on any atom is -0.324 e. The summed E-state index contributed by atoms with van der Waals surface area (Å²) in [6, 6.07) is 3.56. The van der Waals surface area contributed by atoms with Crippen molar-refractivity contribution in [1.29, 1.82) is 0 Å². The maximum absolute atomic E-state index is 14.4. The van der Waals surface area contributed by atoms with Gasteiger partial charge >= 0.3 is 0 Å². The van der Waals surface area contributed by atoms with Crippen molar-refractivity contribution in [3.63, 3.8) is 0 Å². The van der Waals surface area contributed by atoms with Crippen molar-refractivity contribution in [2.45, 2.75) is 47.1 Å². The maximum Gasteiger partial charge on any atom is 0.224 e. The van der Waals surface area contributed by atoms with E-state index in [1.807, 2.05) is 6.07 Å². The van der Waals surface area contributed by atoms with Crippen LogP contribution in [-0.4, -0.2) is 12.5 Å². The van der Waals surface area contributed by atoms with E-state index in [1.54, 1.807) is 6.07 Å². The number of hydrogen-bond donors (Lipinski definition) is 2. The second-order valence-electron chi connectivity index (χ2n) is 7.01. The van der Waals surface area contributed by atoms with Crippen molar-refractivity contribution < 1.29 is 9.18 Å². The molecule has 2 N–H and O–H groups in total.